The third-order valence-corrected chi connectivity index (χ3v) is 3.51. The number of benzene rings is 2. The van der Waals surface area contributed by atoms with Crippen molar-refractivity contribution in [3.05, 3.63) is 70.4 Å². The number of hydrogen-bond acceptors (Lipinski definition) is 3. The van der Waals surface area contributed by atoms with E-state index in [4.69, 9.17) is 21.1 Å². The number of rotatable bonds is 4. The van der Waals surface area contributed by atoms with E-state index in [-0.39, 0.29) is 5.69 Å². The molecule has 0 atom stereocenters. The number of nitrogens with zero attached hydrogens (tertiary/aromatic N) is 1. The summed E-state index contributed by atoms with van der Waals surface area (Å²) < 4.78 is 12.4. The Balaban J connectivity index is 1.85. The van der Waals surface area contributed by atoms with Crippen LogP contribution >= 0.6 is 11.6 Å². The molecule has 1 heterocycles. The zero-order valence-corrected chi connectivity index (χ0v) is 12.5. The first-order chi connectivity index (χ1) is 10.7. The Morgan fingerprint density at radius 3 is 2.45 bits per heavy atom. The summed E-state index contributed by atoms with van der Waals surface area (Å²) in [5, 5.41) is 0.413. The molecule has 0 amide bonds. The van der Waals surface area contributed by atoms with Gasteiger partial charge in [0.05, 0.1) is 12.8 Å². The Morgan fingerprint density at radius 1 is 1.09 bits per heavy atom. The minimum Gasteiger partial charge on any atom is -0.495 e. The van der Waals surface area contributed by atoms with Gasteiger partial charge in [-0.15, -0.1) is 0 Å². The molecule has 0 aliphatic carbocycles. The predicted molar refractivity (Wildman–Crippen MR) is 84.5 cm³/mol. The molecular formula is C16H13ClN2O3. The molecule has 6 heteroatoms. The van der Waals surface area contributed by atoms with Crippen molar-refractivity contribution in [3.63, 3.8) is 0 Å². The van der Waals surface area contributed by atoms with E-state index in [1.807, 2.05) is 0 Å². The van der Waals surface area contributed by atoms with Crippen molar-refractivity contribution in [2.24, 2.45) is 0 Å². The Kier molecular flexibility index (Phi) is 3.89. The van der Waals surface area contributed by atoms with Crippen LogP contribution in [-0.2, 0) is 0 Å². The molecule has 112 valence electrons. The maximum Gasteiger partial charge on any atom is 0.330 e. The second kappa shape index (κ2) is 5.99. The monoisotopic (exact) mass is 316 g/mol. The van der Waals surface area contributed by atoms with Crippen molar-refractivity contribution >= 4 is 11.6 Å². The fraction of sp³-hybridized carbons (Fsp3) is 0.0625. The number of methoxy groups -OCH3 is 1. The van der Waals surface area contributed by atoms with Crippen LogP contribution < -0.4 is 15.2 Å². The topological polar surface area (TPSA) is 56.2 Å². The van der Waals surface area contributed by atoms with E-state index in [2.05, 4.69) is 4.98 Å². The van der Waals surface area contributed by atoms with E-state index in [0.717, 1.165) is 5.69 Å². The van der Waals surface area contributed by atoms with Crippen molar-refractivity contribution in [2.45, 2.75) is 0 Å². The van der Waals surface area contributed by atoms with Crippen LogP contribution in [0.2, 0.25) is 5.02 Å². The van der Waals surface area contributed by atoms with E-state index < -0.39 is 0 Å². The van der Waals surface area contributed by atoms with E-state index >= 15 is 0 Å². The van der Waals surface area contributed by atoms with Gasteiger partial charge < -0.3 is 14.5 Å². The number of nitrogens with one attached hydrogen (secondary N) is 1. The summed E-state index contributed by atoms with van der Waals surface area (Å²) in [6, 6.07) is 12.4. The number of ether oxygens (including phenoxy) is 2. The lowest BCUT2D eigenvalue weighted by Crippen LogP contribution is -2.13. The molecule has 3 rings (SSSR count). The van der Waals surface area contributed by atoms with Gasteiger partial charge in [-0.3, -0.25) is 4.57 Å². The molecule has 3 aromatic rings. The number of imidazole rings is 1. The molecule has 5 nitrogen and oxygen atoms in total. The third kappa shape index (κ3) is 2.71. The predicted octanol–water partition coefficient (Wildman–Crippen LogP) is 3.62. The average molecular weight is 317 g/mol. The Labute approximate surface area is 131 Å². The van der Waals surface area contributed by atoms with Crippen molar-refractivity contribution in [3.8, 4) is 22.9 Å². The van der Waals surface area contributed by atoms with E-state index in [9.17, 15) is 4.79 Å². The Hall–Kier alpha value is -2.66. The van der Waals surface area contributed by atoms with Crippen LogP contribution in [0.1, 0.15) is 0 Å². The molecule has 1 aromatic heterocycles. The van der Waals surface area contributed by atoms with Gasteiger partial charge in [0, 0.05) is 12.4 Å². The van der Waals surface area contributed by atoms with Crippen LogP contribution in [-0.4, -0.2) is 16.7 Å². The molecule has 1 N–H and O–H groups in total. The standard InChI is InChI=1S/C16H13ClN2O3/c1-21-13-3-2-4-14(15(13)17)22-12-7-5-11(6-8-12)19-10-9-18-16(19)20/h2-10H,1H3,(H,18,20). The highest BCUT2D eigenvalue weighted by Crippen LogP contribution is 2.36. The normalized spacial score (nSPS) is 10.5. The highest BCUT2D eigenvalue weighted by atomic mass is 35.5. The van der Waals surface area contributed by atoms with Crippen LogP contribution in [0.15, 0.2) is 59.7 Å². The number of aromatic amines is 1. The zero-order valence-electron chi connectivity index (χ0n) is 11.7. The van der Waals surface area contributed by atoms with Gasteiger partial charge in [0.1, 0.15) is 22.3 Å². The molecule has 0 saturated carbocycles. The van der Waals surface area contributed by atoms with Gasteiger partial charge in [0.2, 0.25) is 0 Å². The van der Waals surface area contributed by atoms with E-state index in [1.54, 1.807) is 62.0 Å². The van der Waals surface area contributed by atoms with Gasteiger partial charge in [-0.1, -0.05) is 17.7 Å². The summed E-state index contributed by atoms with van der Waals surface area (Å²) in [6.45, 7) is 0. The summed E-state index contributed by atoms with van der Waals surface area (Å²) in [7, 11) is 1.55. The van der Waals surface area contributed by atoms with Gasteiger partial charge in [-0.25, -0.2) is 4.79 Å². The molecule has 2 aromatic carbocycles. The number of H-pyrrole nitrogens is 1. The summed E-state index contributed by atoms with van der Waals surface area (Å²) in [6.07, 6.45) is 3.25. The molecule has 0 saturated heterocycles. The van der Waals surface area contributed by atoms with E-state index in [0.29, 0.717) is 22.3 Å². The molecule has 0 aliphatic rings. The number of aromatic nitrogens is 2. The van der Waals surface area contributed by atoms with E-state index in [1.165, 1.54) is 4.57 Å². The lowest BCUT2D eigenvalue weighted by molar-refractivity contribution is 0.409. The second-order valence-electron chi connectivity index (χ2n) is 4.50. The smallest absolute Gasteiger partial charge is 0.330 e. The van der Waals surface area contributed by atoms with Gasteiger partial charge in [0.25, 0.3) is 0 Å². The van der Waals surface area contributed by atoms with Crippen molar-refractivity contribution < 1.29 is 9.47 Å². The fourth-order valence-electron chi connectivity index (χ4n) is 2.05. The minimum absolute atomic E-state index is 0.190. The quantitative estimate of drug-likeness (QED) is 0.799. The first-order valence-electron chi connectivity index (χ1n) is 6.56. The molecule has 0 radical (unpaired) electrons. The first-order valence-corrected chi connectivity index (χ1v) is 6.93. The lowest BCUT2D eigenvalue weighted by Gasteiger charge is -2.10. The summed E-state index contributed by atoms with van der Waals surface area (Å²) >= 11 is 6.19. The molecule has 22 heavy (non-hydrogen) atoms. The van der Waals surface area contributed by atoms with Gasteiger partial charge >= 0.3 is 5.69 Å². The second-order valence-corrected chi connectivity index (χ2v) is 4.88. The highest BCUT2D eigenvalue weighted by molar-refractivity contribution is 6.33. The largest absolute Gasteiger partial charge is 0.495 e. The average Bonchev–Trinajstić information content (AvgIpc) is 2.96. The lowest BCUT2D eigenvalue weighted by atomic mass is 10.3. The van der Waals surface area contributed by atoms with Crippen molar-refractivity contribution in [1.29, 1.82) is 0 Å². The fourth-order valence-corrected chi connectivity index (χ4v) is 2.29. The van der Waals surface area contributed by atoms with Gasteiger partial charge in [0.15, 0.2) is 0 Å². The highest BCUT2D eigenvalue weighted by Gasteiger charge is 2.08. The molecule has 0 unspecified atom stereocenters. The Bertz CT molecular complexity index is 837. The third-order valence-electron chi connectivity index (χ3n) is 3.14. The molecule has 0 aliphatic heterocycles. The number of halogens is 1. The maximum absolute atomic E-state index is 11.6. The SMILES string of the molecule is COc1cccc(Oc2ccc(-n3cc[nH]c3=O)cc2)c1Cl. The first kappa shape index (κ1) is 14.3. The van der Waals surface area contributed by atoms with Crippen LogP contribution in [0.4, 0.5) is 0 Å². The number of hydrogen-bond donors (Lipinski definition) is 1. The van der Waals surface area contributed by atoms with Crippen molar-refractivity contribution in [1.82, 2.24) is 9.55 Å². The Morgan fingerprint density at radius 2 is 1.82 bits per heavy atom. The zero-order chi connectivity index (χ0) is 15.5. The van der Waals surface area contributed by atoms with Crippen LogP contribution in [0.3, 0.4) is 0 Å². The van der Waals surface area contributed by atoms with Gasteiger partial charge in [-0.05, 0) is 36.4 Å². The molecular weight excluding hydrogens is 304 g/mol. The minimum atomic E-state index is -0.190. The van der Waals surface area contributed by atoms with Crippen molar-refractivity contribution in [2.75, 3.05) is 7.11 Å². The van der Waals surface area contributed by atoms with Crippen LogP contribution in [0.5, 0.6) is 17.2 Å². The molecule has 0 spiro atoms. The van der Waals surface area contributed by atoms with Gasteiger partial charge in [-0.2, -0.15) is 0 Å². The maximum atomic E-state index is 11.6. The summed E-state index contributed by atoms with van der Waals surface area (Å²) in [5.41, 5.74) is 0.555. The summed E-state index contributed by atoms with van der Waals surface area (Å²) in [5.74, 6) is 1.67. The van der Waals surface area contributed by atoms with Crippen LogP contribution in [0, 0.1) is 0 Å². The summed E-state index contributed by atoms with van der Waals surface area (Å²) in [4.78, 5) is 14.1. The molecule has 0 bridgehead atoms. The van der Waals surface area contributed by atoms with Crippen LogP contribution in [0.25, 0.3) is 5.69 Å². The molecule has 0 fully saturated rings.